The number of carbonyl (C=O) groups excluding carboxylic acids is 1. The van der Waals surface area contributed by atoms with Crippen molar-refractivity contribution in [3.63, 3.8) is 0 Å². The molecule has 0 saturated carbocycles. The highest BCUT2D eigenvalue weighted by molar-refractivity contribution is 6.31. The molecule has 2 N–H and O–H groups in total. The Kier molecular flexibility index (Phi) is 5.92. The zero-order chi connectivity index (χ0) is 26.2. The van der Waals surface area contributed by atoms with Crippen LogP contribution in [0.4, 0.5) is 10.5 Å². The van der Waals surface area contributed by atoms with Gasteiger partial charge >= 0.3 is 6.09 Å². The lowest BCUT2D eigenvalue weighted by Gasteiger charge is -2.15. The van der Waals surface area contributed by atoms with Gasteiger partial charge < -0.3 is 14.3 Å². The van der Waals surface area contributed by atoms with E-state index in [9.17, 15) is 9.59 Å². The van der Waals surface area contributed by atoms with Gasteiger partial charge in [0.05, 0.1) is 48.3 Å². The largest absolute Gasteiger partial charge is 0.453 e. The number of nitrogens with one attached hydrogen (secondary N) is 2. The first kappa shape index (κ1) is 23.6. The molecule has 0 saturated heterocycles. The van der Waals surface area contributed by atoms with Gasteiger partial charge in [0.15, 0.2) is 0 Å². The number of methoxy groups -OCH3 is 1. The van der Waals surface area contributed by atoms with Gasteiger partial charge in [0, 0.05) is 22.3 Å². The predicted octanol–water partition coefficient (Wildman–Crippen LogP) is 3.64. The number of aromatic nitrogens is 8. The molecule has 38 heavy (non-hydrogen) atoms. The second-order valence-electron chi connectivity index (χ2n) is 8.64. The summed E-state index contributed by atoms with van der Waals surface area (Å²) in [7, 11) is 1.29. The zero-order valence-corrected chi connectivity index (χ0v) is 20.8. The van der Waals surface area contributed by atoms with E-state index < -0.39 is 6.09 Å². The van der Waals surface area contributed by atoms with Gasteiger partial charge in [-0.05, 0) is 65.2 Å². The second-order valence-corrected chi connectivity index (χ2v) is 9.08. The smallest absolute Gasteiger partial charge is 0.411 e. The molecule has 0 bridgehead atoms. The van der Waals surface area contributed by atoms with E-state index in [1.165, 1.54) is 24.3 Å². The Morgan fingerprint density at radius 3 is 2.82 bits per heavy atom. The molecule has 1 aromatic carbocycles. The van der Waals surface area contributed by atoms with Crippen LogP contribution in [0.25, 0.3) is 28.2 Å². The van der Waals surface area contributed by atoms with E-state index in [4.69, 9.17) is 11.6 Å². The van der Waals surface area contributed by atoms with E-state index in [1.54, 1.807) is 41.1 Å². The van der Waals surface area contributed by atoms with Crippen molar-refractivity contribution >= 4 is 23.4 Å². The maximum Gasteiger partial charge on any atom is 0.411 e. The highest BCUT2D eigenvalue weighted by Crippen LogP contribution is 2.34. The molecule has 0 fully saturated rings. The van der Waals surface area contributed by atoms with Gasteiger partial charge in [-0.3, -0.25) is 15.1 Å². The van der Waals surface area contributed by atoms with Crippen molar-refractivity contribution in [1.82, 2.24) is 39.7 Å². The molecule has 0 aliphatic carbocycles. The number of hydrogen-bond donors (Lipinski definition) is 2. The number of H-pyrrole nitrogens is 1. The SMILES string of the molecule is COC(=O)Nc1ccc(-c2cnc(C3CCc4cc(-c5cc(Cl)ccc5-n5cnnn5)cc(=O)n43)[nH]2)nc1. The Balaban J connectivity index is 1.30. The normalized spacial score (nSPS) is 14.3. The van der Waals surface area contributed by atoms with E-state index >= 15 is 0 Å². The molecule has 13 heteroatoms. The van der Waals surface area contributed by atoms with Crippen LogP contribution >= 0.6 is 11.6 Å². The molecular formula is C25H20ClN9O3. The Hall–Kier alpha value is -4.84. The number of pyridine rings is 2. The van der Waals surface area contributed by atoms with Crippen molar-refractivity contribution in [3.8, 4) is 28.2 Å². The Morgan fingerprint density at radius 2 is 2.05 bits per heavy atom. The summed E-state index contributed by atoms with van der Waals surface area (Å²) in [6, 6.07) is 12.2. The second kappa shape index (κ2) is 9.56. The molecule has 6 rings (SSSR count). The Labute approximate surface area is 220 Å². The van der Waals surface area contributed by atoms with Crippen LogP contribution in [0.15, 0.2) is 66.0 Å². The minimum Gasteiger partial charge on any atom is -0.453 e. The number of hydrogen-bond acceptors (Lipinski definition) is 8. The standard InChI is InChI=1S/C25H20ClN9O3/c1-38-25(37)30-16-3-5-19(27-11-16)20-12-28-24(31-20)22-7-4-17-8-14(9-23(36)35(17)22)18-10-15(26)2-6-21(18)34-13-29-32-33-34/h2-3,5-6,8-13,22H,4,7H2,1H3,(H,28,31)(H,30,37). The van der Waals surface area contributed by atoms with Gasteiger partial charge in [-0.15, -0.1) is 5.10 Å². The van der Waals surface area contributed by atoms with E-state index in [0.29, 0.717) is 40.0 Å². The van der Waals surface area contributed by atoms with Gasteiger partial charge in [0.25, 0.3) is 5.56 Å². The summed E-state index contributed by atoms with van der Waals surface area (Å²) >= 11 is 6.29. The monoisotopic (exact) mass is 529 g/mol. The summed E-state index contributed by atoms with van der Waals surface area (Å²) in [6.45, 7) is 0. The summed E-state index contributed by atoms with van der Waals surface area (Å²) in [6.07, 6.45) is 5.57. The van der Waals surface area contributed by atoms with Gasteiger partial charge in [-0.1, -0.05) is 11.6 Å². The summed E-state index contributed by atoms with van der Waals surface area (Å²) in [5.74, 6) is 0.671. The maximum absolute atomic E-state index is 13.4. The van der Waals surface area contributed by atoms with Gasteiger partial charge in [0.1, 0.15) is 12.2 Å². The minimum absolute atomic E-state index is 0.142. The fourth-order valence-electron chi connectivity index (χ4n) is 4.65. The lowest BCUT2D eigenvalue weighted by Crippen LogP contribution is -2.23. The highest BCUT2D eigenvalue weighted by Gasteiger charge is 2.28. The summed E-state index contributed by atoms with van der Waals surface area (Å²) in [5, 5.41) is 14.5. The molecule has 190 valence electrons. The Morgan fingerprint density at radius 1 is 1.16 bits per heavy atom. The van der Waals surface area contributed by atoms with Crippen molar-refractivity contribution < 1.29 is 9.53 Å². The lowest BCUT2D eigenvalue weighted by atomic mass is 10.0. The molecule has 12 nitrogen and oxygen atoms in total. The minimum atomic E-state index is -0.570. The topological polar surface area (TPSA) is 146 Å². The number of benzene rings is 1. The average Bonchev–Trinajstić information content (AvgIpc) is 3.70. The number of aryl methyl sites for hydroxylation is 1. The van der Waals surface area contributed by atoms with Gasteiger partial charge in [-0.2, -0.15) is 4.68 Å². The Bertz CT molecular complexity index is 1690. The van der Waals surface area contributed by atoms with Crippen LogP contribution in [0.1, 0.15) is 24.0 Å². The van der Waals surface area contributed by atoms with Crippen LogP contribution in [-0.2, 0) is 11.2 Å². The number of fused-ring (bicyclic) bond motifs is 1. The third-order valence-electron chi connectivity index (χ3n) is 6.38. The number of aromatic amines is 1. The quantitative estimate of drug-likeness (QED) is 0.351. The lowest BCUT2D eigenvalue weighted by molar-refractivity contribution is 0.187. The molecule has 1 aliphatic rings. The first-order valence-corrected chi connectivity index (χ1v) is 12.0. The van der Waals surface area contributed by atoms with Crippen molar-refractivity contribution in [2.45, 2.75) is 18.9 Å². The van der Waals surface area contributed by atoms with Crippen LogP contribution in [0.5, 0.6) is 0 Å². The van der Waals surface area contributed by atoms with Crippen molar-refractivity contribution in [2.24, 2.45) is 0 Å². The summed E-state index contributed by atoms with van der Waals surface area (Å²) < 4.78 is 7.90. The molecule has 0 spiro atoms. The number of rotatable bonds is 5. The maximum atomic E-state index is 13.4. The highest BCUT2D eigenvalue weighted by atomic mass is 35.5. The van der Waals surface area contributed by atoms with Crippen LogP contribution in [0, 0.1) is 0 Å². The third-order valence-corrected chi connectivity index (χ3v) is 6.62. The zero-order valence-electron chi connectivity index (χ0n) is 20.0. The third kappa shape index (κ3) is 4.30. The fourth-order valence-corrected chi connectivity index (χ4v) is 4.82. The van der Waals surface area contributed by atoms with Gasteiger partial charge in [0.2, 0.25) is 0 Å². The number of tetrazole rings is 1. The van der Waals surface area contributed by atoms with Crippen LogP contribution in [0.3, 0.4) is 0 Å². The predicted molar refractivity (Wildman–Crippen MR) is 138 cm³/mol. The number of ether oxygens (including phenoxy) is 1. The van der Waals surface area contributed by atoms with Crippen molar-refractivity contribution in [3.05, 3.63) is 88.1 Å². The van der Waals surface area contributed by atoms with E-state index in [2.05, 4.69) is 40.5 Å². The van der Waals surface area contributed by atoms with E-state index in [0.717, 1.165) is 23.2 Å². The molecule has 0 radical (unpaired) electrons. The molecule has 1 unspecified atom stereocenters. The van der Waals surface area contributed by atoms with E-state index in [-0.39, 0.29) is 11.6 Å². The van der Waals surface area contributed by atoms with Crippen molar-refractivity contribution in [2.75, 3.05) is 12.4 Å². The van der Waals surface area contributed by atoms with E-state index in [1.807, 2.05) is 12.1 Å². The van der Waals surface area contributed by atoms with Crippen LogP contribution < -0.4 is 10.9 Å². The number of carbonyl (C=O) groups is 1. The molecular weight excluding hydrogens is 510 g/mol. The molecule has 4 aromatic heterocycles. The first-order valence-electron chi connectivity index (χ1n) is 11.6. The van der Waals surface area contributed by atoms with Crippen molar-refractivity contribution in [1.29, 1.82) is 0 Å². The van der Waals surface area contributed by atoms with Crippen LogP contribution in [0.2, 0.25) is 5.02 Å². The number of anilines is 1. The fraction of sp³-hybridized carbons (Fsp3) is 0.160. The number of nitrogens with zero attached hydrogens (tertiary/aromatic N) is 7. The first-order chi connectivity index (χ1) is 18.5. The number of halogens is 1. The molecule has 5 heterocycles. The molecule has 1 aliphatic heterocycles. The summed E-state index contributed by atoms with van der Waals surface area (Å²) in [5.41, 5.74) is 4.82. The number of imidazole rings is 1. The van der Waals surface area contributed by atoms with Crippen LogP contribution in [-0.4, -0.2) is 52.9 Å². The number of amides is 1. The molecule has 5 aromatic rings. The molecule has 1 atom stereocenters. The summed E-state index contributed by atoms with van der Waals surface area (Å²) in [4.78, 5) is 37.0. The molecule has 1 amide bonds. The van der Waals surface area contributed by atoms with Gasteiger partial charge in [-0.25, -0.2) is 9.78 Å². The average molecular weight is 530 g/mol.